The average Bonchev–Trinajstić information content (AvgIpc) is 1.97. The highest BCUT2D eigenvalue weighted by molar-refractivity contribution is 6.08. The highest BCUT2D eigenvalue weighted by atomic mass is 16.2. The molecule has 0 aliphatic carbocycles. The summed E-state index contributed by atoms with van der Waals surface area (Å²) in [6.07, 6.45) is -0.153. The first-order valence-electron chi connectivity index (χ1n) is 3.65. The van der Waals surface area contributed by atoms with Crippen molar-refractivity contribution in [3.05, 3.63) is 0 Å². The molecule has 1 saturated heterocycles. The van der Waals surface area contributed by atoms with E-state index < -0.39 is 11.8 Å². The lowest BCUT2D eigenvalue weighted by Crippen LogP contribution is -2.45. The molecule has 3 N–H and O–H groups in total. The predicted octanol–water partition coefficient (Wildman–Crippen LogP) is -1.78. The molecule has 1 rings (SSSR count). The van der Waals surface area contributed by atoms with Crippen molar-refractivity contribution in [2.24, 2.45) is 11.7 Å². The van der Waals surface area contributed by atoms with E-state index in [0.29, 0.717) is 0 Å². The number of primary amides is 1. The maximum atomic E-state index is 11.0. The van der Waals surface area contributed by atoms with Crippen molar-refractivity contribution in [2.75, 3.05) is 13.1 Å². The number of hydrogen-bond donors (Lipinski definition) is 2. The molecule has 0 aromatic rings. The van der Waals surface area contributed by atoms with Gasteiger partial charge in [0.25, 0.3) is 0 Å². The molecule has 1 fully saturated rings. The Kier molecular flexibility index (Phi) is 2.54. The van der Waals surface area contributed by atoms with E-state index in [2.05, 4.69) is 5.32 Å². The van der Waals surface area contributed by atoms with Gasteiger partial charge in [-0.15, -0.1) is 0 Å². The van der Waals surface area contributed by atoms with Crippen molar-refractivity contribution in [3.8, 4) is 0 Å². The first kappa shape index (κ1) is 8.86. The summed E-state index contributed by atoms with van der Waals surface area (Å²) in [4.78, 5) is 32.6. The quantitative estimate of drug-likeness (QED) is 0.479. The molecule has 1 amide bonds. The predicted molar refractivity (Wildman–Crippen MR) is 40.2 cm³/mol. The van der Waals surface area contributed by atoms with E-state index in [1.54, 1.807) is 0 Å². The third-order valence-corrected chi connectivity index (χ3v) is 1.78. The van der Waals surface area contributed by atoms with Crippen molar-refractivity contribution in [2.45, 2.75) is 6.42 Å². The summed E-state index contributed by atoms with van der Waals surface area (Å²) in [5, 5.41) is 2.64. The maximum absolute atomic E-state index is 11.0. The molecule has 0 unspecified atom stereocenters. The maximum Gasteiger partial charge on any atom is 0.218 e. The summed E-state index contributed by atoms with van der Waals surface area (Å²) in [6, 6.07) is 0. The van der Waals surface area contributed by atoms with Crippen molar-refractivity contribution in [1.29, 1.82) is 0 Å². The number of hydrogen-bond acceptors (Lipinski definition) is 4. The van der Waals surface area contributed by atoms with Crippen LogP contribution in [-0.4, -0.2) is 30.6 Å². The monoisotopic (exact) mass is 170 g/mol. The van der Waals surface area contributed by atoms with Crippen molar-refractivity contribution in [1.82, 2.24) is 5.32 Å². The molecule has 66 valence electrons. The Labute approximate surface area is 69.3 Å². The van der Waals surface area contributed by atoms with Gasteiger partial charge in [0.15, 0.2) is 11.6 Å². The lowest BCUT2D eigenvalue weighted by Gasteiger charge is -2.18. The smallest absolute Gasteiger partial charge is 0.218 e. The lowest BCUT2D eigenvalue weighted by atomic mass is 9.92. The summed E-state index contributed by atoms with van der Waals surface area (Å²) in [5.74, 6) is -1.90. The highest BCUT2D eigenvalue weighted by Gasteiger charge is 2.30. The fourth-order valence-corrected chi connectivity index (χ4v) is 1.16. The van der Waals surface area contributed by atoms with Crippen LogP contribution in [0, 0.1) is 5.92 Å². The second-order valence-electron chi connectivity index (χ2n) is 2.76. The van der Waals surface area contributed by atoms with Gasteiger partial charge < -0.3 is 11.1 Å². The molecule has 0 aromatic heterocycles. The van der Waals surface area contributed by atoms with Crippen LogP contribution in [0.1, 0.15) is 6.42 Å². The number of nitrogens with one attached hydrogen (secondary N) is 1. The van der Waals surface area contributed by atoms with Gasteiger partial charge in [0.2, 0.25) is 5.91 Å². The first-order chi connectivity index (χ1) is 5.61. The number of nitrogens with two attached hydrogens (primary N) is 1. The standard InChI is InChI=1S/C7H10N2O3/c8-7(12)1-4-5(10)2-9-3-6(4)11/h4,9H,1-3H2,(H2,8,12). The van der Waals surface area contributed by atoms with E-state index in [-0.39, 0.29) is 31.1 Å². The Bertz CT molecular complexity index is 221. The first-order valence-corrected chi connectivity index (χ1v) is 3.65. The van der Waals surface area contributed by atoms with E-state index >= 15 is 0 Å². The normalized spacial score (nSPS) is 19.7. The number of carbonyl (C=O) groups is 3. The second kappa shape index (κ2) is 3.44. The SMILES string of the molecule is NC(=O)CC1C(=O)CNCC1=O. The zero-order valence-corrected chi connectivity index (χ0v) is 6.50. The Morgan fingerprint density at radius 2 is 1.92 bits per heavy atom. The molecule has 1 aliphatic heterocycles. The van der Waals surface area contributed by atoms with Gasteiger partial charge in [0.1, 0.15) is 0 Å². The molecule has 0 radical (unpaired) electrons. The molecule has 0 aromatic carbocycles. The molecular weight excluding hydrogens is 160 g/mol. The zero-order valence-electron chi connectivity index (χ0n) is 6.50. The molecule has 0 bridgehead atoms. The van der Waals surface area contributed by atoms with Crippen molar-refractivity contribution >= 4 is 17.5 Å². The Morgan fingerprint density at radius 3 is 2.33 bits per heavy atom. The van der Waals surface area contributed by atoms with Crippen LogP contribution in [-0.2, 0) is 14.4 Å². The number of carbonyl (C=O) groups excluding carboxylic acids is 3. The minimum atomic E-state index is -0.802. The van der Waals surface area contributed by atoms with E-state index in [9.17, 15) is 14.4 Å². The molecule has 1 aliphatic rings. The van der Waals surface area contributed by atoms with Crippen LogP contribution < -0.4 is 11.1 Å². The number of piperidine rings is 1. The van der Waals surface area contributed by atoms with Crippen LogP contribution in [0.15, 0.2) is 0 Å². The highest BCUT2D eigenvalue weighted by Crippen LogP contribution is 2.08. The molecule has 0 spiro atoms. The summed E-state index contributed by atoms with van der Waals surface area (Å²) in [5.41, 5.74) is 4.88. The second-order valence-corrected chi connectivity index (χ2v) is 2.76. The summed E-state index contributed by atoms with van der Waals surface area (Å²) >= 11 is 0. The van der Waals surface area contributed by atoms with Gasteiger partial charge in [-0.25, -0.2) is 0 Å². The number of ketones is 2. The van der Waals surface area contributed by atoms with Crippen LogP contribution in [0.25, 0.3) is 0 Å². The third-order valence-electron chi connectivity index (χ3n) is 1.78. The minimum absolute atomic E-state index is 0.153. The summed E-state index contributed by atoms with van der Waals surface area (Å²) in [7, 11) is 0. The van der Waals surface area contributed by atoms with E-state index in [4.69, 9.17) is 5.73 Å². The van der Waals surface area contributed by atoms with Crippen LogP contribution in [0.5, 0.6) is 0 Å². The van der Waals surface area contributed by atoms with E-state index in [1.807, 2.05) is 0 Å². The molecule has 0 saturated carbocycles. The van der Waals surface area contributed by atoms with Gasteiger partial charge in [-0.2, -0.15) is 0 Å². The average molecular weight is 170 g/mol. The lowest BCUT2D eigenvalue weighted by molar-refractivity contribution is -0.137. The summed E-state index contributed by atoms with van der Waals surface area (Å²) < 4.78 is 0. The number of rotatable bonds is 2. The largest absolute Gasteiger partial charge is 0.370 e. The van der Waals surface area contributed by atoms with Crippen LogP contribution in [0.2, 0.25) is 0 Å². The number of amides is 1. The summed E-state index contributed by atoms with van der Waals surface area (Å²) in [6.45, 7) is 0.313. The van der Waals surface area contributed by atoms with Crippen LogP contribution in [0.3, 0.4) is 0 Å². The van der Waals surface area contributed by atoms with Crippen LogP contribution >= 0.6 is 0 Å². The molecule has 5 nitrogen and oxygen atoms in total. The van der Waals surface area contributed by atoms with Gasteiger partial charge >= 0.3 is 0 Å². The molecule has 1 heterocycles. The Balaban J connectivity index is 2.63. The molecule has 0 atom stereocenters. The van der Waals surface area contributed by atoms with Crippen molar-refractivity contribution < 1.29 is 14.4 Å². The molecule has 5 heteroatoms. The number of Topliss-reactive ketones (excluding diaryl/α,β-unsaturated/α-hetero) is 2. The Hall–Kier alpha value is -1.23. The molecular formula is C7H10N2O3. The molecule has 12 heavy (non-hydrogen) atoms. The van der Waals surface area contributed by atoms with Gasteiger partial charge in [-0.3, -0.25) is 14.4 Å². The van der Waals surface area contributed by atoms with Gasteiger partial charge in [-0.1, -0.05) is 0 Å². The topological polar surface area (TPSA) is 89.3 Å². The van der Waals surface area contributed by atoms with Crippen molar-refractivity contribution in [3.63, 3.8) is 0 Å². The van der Waals surface area contributed by atoms with Gasteiger partial charge in [-0.05, 0) is 0 Å². The van der Waals surface area contributed by atoms with Gasteiger partial charge in [0, 0.05) is 6.42 Å². The van der Waals surface area contributed by atoms with Crippen LogP contribution in [0.4, 0.5) is 0 Å². The third kappa shape index (κ3) is 1.88. The zero-order chi connectivity index (χ0) is 9.14. The Morgan fingerprint density at radius 1 is 1.42 bits per heavy atom. The fourth-order valence-electron chi connectivity index (χ4n) is 1.16. The van der Waals surface area contributed by atoms with E-state index in [0.717, 1.165) is 0 Å². The fraction of sp³-hybridized carbons (Fsp3) is 0.571. The van der Waals surface area contributed by atoms with Gasteiger partial charge in [0.05, 0.1) is 19.0 Å². The minimum Gasteiger partial charge on any atom is -0.370 e. The van der Waals surface area contributed by atoms with E-state index in [1.165, 1.54) is 0 Å².